The second-order valence-electron chi connectivity index (χ2n) is 5.55. The summed E-state index contributed by atoms with van der Waals surface area (Å²) in [6.45, 7) is 4.54. The van der Waals surface area contributed by atoms with E-state index < -0.39 is 0 Å². The molecule has 2 atom stereocenters. The molecule has 0 saturated carbocycles. The van der Waals surface area contributed by atoms with E-state index in [1.165, 1.54) is 5.56 Å². The quantitative estimate of drug-likeness (QED) is 0.868. The molecule has 1 saturated heterocycles. The molecule has 116 valence electrons. The van der Waals surface area contributed by atoms with Crippen molar-refractivity contribution in [3.63, 3.8) is 0 Å². The molecule has 2 aromatic rings. The second-order valence-corrected chi connectivity index (χ2v) is 5.55. The SMILES string of the molecule is COc1nccnc1CN1CC(C)OC(c2ccccc2)C1. The van der Waals surface area contributed by atoms with Gasteiger partial charge in [0, 0.05) is 32.0 Å². The van der Waals surface area contributed by atoms with Gasteiger partial charge in [-0.15, -0.1) is 0 Å². The highest BCUT2D eigenvalue weighted by Gasteiger charge is 2.27. The van der Waals surface area contributed by atoms with Gasteiger partial charge in [0.05, 0.1) is 19.3 Å². The number of rotatable bonds is 4. The van der Waals surface area contributed by atoms with Gasteiger partial charge in [-0.1, -0.05) is 30.3 Å². The standard InChI is InChI=1S/C17H21N3O2/c1-13-10-20(11-15-17(21-2)19-9-8-18-15)12-16(22-13)14-6-4-3-5-7-14/h3-9,13,16H,10-12H2,1-2H3. The Bertz CT molecular complexity index is 606. The molecule has 0 amide bonds. The number of benzene rings is 1. The topological polar surface area (TPSA) is 47.5 Å². The van der Waals surface area contributed by atoms with Crippen LogP contribution >= 0.6 is 0 Å². The Morgan fingerprint density at radius 2 is 1.95 bits per heavy atom. The highest BCUT2D eigenvalue weighted by atomic mass is 16.5. The molecule has 1 aliphatic rings. The van der Waals surface area contributed by atoms with E-state index in [9.17, 15) is 0 Å². The summed E-state index contributed by atoms with van der Waals surface area (Å²) >= 11 is 0. The zero-order chi connectivity index (χ0) is 15.4. The molecule has 1 fully saturated rings. The van der Waals surface area contributed by atoms with Crippen LogP contribution in [0.3, 0.4) is 0 Å². The van der Waals surface area contributed by atoms with Gasteiger partial charge in [-0.25, -0.2) is 4.98 Å². The average molecular weight is 299 g/mol. The Morgan fingerprint density at radius 1 is 1.18 bits per heavy atom. The summed E-state index contributed by atoms with van der Waals surface area (Å²) < 4.78 is 11.4. The van der Waals surface area contributed by atoms with E-state index in [1.807, 2.05) is 18.2 Å². The molecule has 1 aliphatic heterocycles. The third-order valence-corrected chi connectivity index (χ3v) is 3.81. The third kappa shape index (κ3) is 3.43. The molecule has 22 heavy (non-hydrogen) atoms. The molecular formula is C17H21N3O2. The van der Waals surface area contributed by atoms with Crippen LogP contribution < -0.4 is 4.74 Å². The van der Waals surface area contributed by atoms with Crippen molar-refractivity contribution in [2.45, 2.75) is 25.7 Å². The molecule has 2 unspecified atom stereocenters. The van der Waals surface area contributed by atoms with Crippen LogP contribution in [0.1, 0.15) is 24.3 Å². The van der Waals surface area contributed by atoms with Gasteiger partial charge in [0.25, 0.3) is 0 Å². The number of nitrogens with zero attached hydrogens (tertiary/aromatic N) is 3. The van der Waals surface area contributed by atoms with Crippen LogP contribution in [0.5, 0.6) is 5.88 Å². The average Bonchev–Trinajstić information content (AvgIpc) is 2.56. The van der Waals surface area contributed by atoms with Crippen LogP contribution in [0.15, 0.2) is 42.7 Å². The fraction of sp³-hybridized carbons (Fsp3) is 0.412. The molecule has 3 rings (SSSR count). The zero-order valence-corrected chi connectivity index (χ0v) is 13.0. The van der Waals surface area contributed by atoms with Crippen LogP contribution in [0.25, 0.3) is 0 Å². The van der Waals surface area contributed by atoms with Crippen LogP contribution in [0, 0.1) is 0 Å². The molecule has 0 spiro atoms. The molecular weight excluding hydrogens is 278 g/mol. The lowest BCUT2D eigenvalue weighted by atomic mass is 10.1. The van der Waals surface area contributed by atoms with Gasteiger partial charge >= 0.3 is 0 Å². The maximum Gasteiger partial charge on any atom is 0.236 e. The van der Waals surface area contributed by atoms with Gasteiger partial charge in [-0.2, -0.15) is 0 Å². The Morgan fingerprint density at radius 3 is 2.73 bits per heavy atom. The summed E-state index contributed by atoms with van der Waals surface area (Å²) in [4.78, 5) is 11.0. The van der Waals surface area contributed by atoms with Crippen LogP contribution in [0.2, 0.25) is 0 Å². The predicted octanol–water partition coefficient (Wildman–Crippen LogP) is 2.45. The number of aromatic nitrogens is 2. The van der Waals surface area contributed by atoms with Gasteiger partial charge in [0.2, 0.25) is 5.88 Å². The van der Waals surface area contributed by atoms with E-state index in [-0.39, 0.29) is 12.2 Å². The first-order chi connectivity index (χ1) is 10.8. The Kier molecular flexibility index (Phi) is 4.65. The number of methoxy groups -OCH3 is 1. The second kappa shape index (κ2) is 6.85. The molecule has 0 N–H and O–H groups in total. The summed E-state index contributed by atoms with van der Waals surface area (Å²) in [7, 11) is 1.63. The maximum absolute atomic E-state index is 6.09. The lowest BCUT2D eigenvalue weighted by Crippen LogP contribution is -2.42. The molecule has 2 heterocycles. The van der Waals surface area contributed by atoms with E-state index >= 15 is 0 Å². The van der Waals surface area contributed by atoms with Crippen molar-refractivity contribution in [1.29, 1.82) is 0 Å². The van der Waals surface area contributed by atoms with Gasteiger partial charge in [0.1, 0.15) is 5.69 Å². The Hall–Kier alpha value is -1.98. The van der Waals surface area contributed by atoms with E-state index in [0.717, 1.165) is 18.8 Å². The predicted molar refractivity (Wildman–Crippen MR) is 83.6 cm³/mol. The zero-order valence-electron chi connectivity index (χ0n) is 13.0. The highest BCUT2D eigenvalue weighted by molar-refractivity contribution is 5.20. The Balaban J connectivity index is 1.74. The first-order valence-corrected chi connectivity index (χ1v) is 7.53. The maximum atomic E-state index is 6.09. The smallest absolute Gasteiger partial charge is 0.236 e. The minimum absolute atomic E-state index is 0.0904. The summed E-state index contributed by atoms with van der Waals surface area (Å²) in [6.07, 6.45) is 3.63. The summed E-state index contributed by atoms with van der Waals surface area (Å²) in [5.74, 6) is 0.595. The van der Waals surface area contributed by atoms with Crippen molar-refractivity contribution in [2.75, 3.05) is 20.2 Å². The third-order valence-electron chi connectivity index (χ3n) is 3.81. The van der Waals surface area contributed by atoms with E-state index in [1.54, 1.807) is 19.5 Å². The monoisotopic (exact) mass is 299 g/mol. The van der Waals surface area contributed by atoms with Gasteiger partial charge in [0.15, 0.2) is 0 Å². The summed E-state index contributed by atoms with van der Waals surface area (Å²) in [5, 5.41) is 0. The first-order valence-electron chi connectivity index (χ1n) is 7.53. The number of hydrogen-bond acceptors (Lipinski definition) is 5. The van der Waals surface area contributed by atoms with Crippen LogP contribution in [0.4, 0.5) is 0 Å². The van der Waals surface area contributed by atoms with Gasteiger partial charge < -0.3 is 9.47 Å². The van der Waals surface area contributed by atoms with Crippen molar-refractivity contribution in [2.24, 2.45) is 0 Å². The first kappa shape index (κ1) is 14.9. The summed E-state index contributed by atoms with van der Waals surface area (Å²) in [5.41, 5.74) is 2.08. The number of morpholine rings is 1. The number of hydrogen-bond donors (Lipinski definition) is 0. The Labute approximate surface area is 130 Å². The lowest BCUT2D eigenvalue weighted by Gasteiger charge is -2.36. The molecule has 1 aromatic carbocycles. The molecule has 1 aromatic heterocycles. The highest BCUT2D eigenvalue weighted by Crippen LogP contribution is 2.26. The van der Waals surface area contributed by atoms with Crippen LogP contribution in [-0.2, 0) is 11.3 Å². The van der Waals surface area contributed by atoms with Crippen LogP contribution in [-0.4, -0.2) is 41.2 Å². The fourth-order valence-electron chi connectivity index (χ4n) is 2.86. The largest absolute Gasteiger partial charge is 0.480 e. The molecule has 5 nitrogen and oxygen atoms in total. The molecule has 5 heteroatoms. The van der Waals surface area contributed by atoms with E-state index in [4.69, 9.17) is 9.47 Å². The van der Waals surface area contributed by atoms with E-state index in [0.29, 0.717) is 12.4 Å². The van der Waals surface area contributed by atoms with Crippen molar-refractivity contribution >= 4 is 0 Å². The summed E-state index contributed by atoms with van der Waals surface area (Å²) in [6, 6.07) is 10.4. The minimum Gasteiger partial charge on any atom is -0.480 e. The fourth-order valence-corrected chi connectivity index (χ4v) is 2.86. The van der Waals surface area contributed by atoms with Gasteiger partial charge in [-0.3, -0.25) is 9.88 Å². The van der Waals surface area contributed by atoms with Crippen molar-refractivity contribution in [3.8, 4) is 5.88 Å². The molecule has 0 aliphatic carbocycles. The van der Waals surface area contributed by atoms with Crippen molar-refractivity contribution < 1.29 is 9.47 Å². The molecule has 0 bridgehead atoms. The van der Waals surface area contributed by atoms with Crippen molar-refractivity contribution in [1.82, 2.24) is 14.9 Å². The normalized spacial score (nSPS) is 22.5. The number of ether oxygens (including phenoxy) is 2. The van der Waals surface area contributed by atoms with Crippen molar-refractivity contribution in [3.05, 3.63) is 54.0 Å². The van der Waals surface area contributed by atoms with E-state index in [2.05, 4.69) is 33.9 Å². The minimum atomic E-state index is 0.0904. The molecule has 0 radical (unpaired) electrons. The lowest BCUT2D eigenvalue weighted by molar-refractivity contribution is -0.0818. The van der Waals surface area contributed by atoms with Gasteiger partial charge in [-0.05, 0) is 12.5 Å².